The highest BCUT2D eigenvalue weighted by Crippen LogP contribution is 2.31. The van der Waals surface area contributed by atoms with Crippen LogP contribution < -0.4 is 9.47 Å². The Morgan fingerprint density at radius 1 is 1.12 bits per heavy atom. The number of oxime groups is 1. The average Bonchev–Trinajstić information content (AvgIpc) is 3.24. The first-order valence-electron chi connectivity index (χ1n) is 10.8. The Morgan fingerprint density at radius 3 is 2.67 bits per heavy atom. The summed E-state index contributed by atoms with van der Waals surface area (Å²) < 4.78 is 40.8. The van der Waals surface area contributed by atoms with E-state index in [9.17, 15) is 8.78 Å². The topological polar surface area (TPSA) is 61.1 Å². The zero-order valence-electron chi connectivity index (χ0n) is 18.4. The van der Waals surface area contributed by atoms with E-state index in [1.54, 1.807) is 13.4 Å². The van der Waals surface area contributed by atoms with Gasteiger partial charge in [0.2, 0.25) is 0 Å². The molecule has 33 heavy (non-hydrogen) atoms. The van der Waals surface area contributed by atoms with Crippen molar-refractivity contribution in [3.63, 3.8) is 0 Å². The van der Waals surface area contributed by atoms with Crippen molar-refractivity contribution in [2.45, 2.75) is 31.9 Å². The maximum atomic E-state index is 13.6. The van der Waals surface area contributed by atoms with Crippen LogP contribution in [0, 0.1) is 18.6 Å². The van der Waals surface area contributed by atoms with E-state index in [0.717, 1.165) is 42.4 Å². The Morgan fingerprint density at radius 2 is 1.94 bits per heavy atom. The van der Waals surface area contributed by atoms with E-state index < -0.39 is 11.6 Å². The fourth-order valence-electron chi connectivity index (χ4n) is 4.42. The number of aromatic nitrogens is 2. The number of ether oxygens (including phenoxy) is 2. The number of rotatable bonds is 5. The molecular formula is C24H24F2N4O3. The molecular weight excluding hydrogens is 430 g/mol. The van der Waals surface area contributed by atoms with Gasteiger partial charge in [-0.1, -0.05) is 5.16 Å². The van der Waals surface area contributed by atoms with Crippen molar-refractivity contribution in [3.05, 3.63) is 71.8 Å². The number of hydrogen-bond donors (Lipinski definition) is 0. The Balaban J connectivity index is 1.41. The lowest BCUT2D eigenvalue weighted by Crippen LogP contribution is -2.57. The molecule has 0 saturated carbocycles. The van der Waals surface area contributed by atoms with E-state index in [1.807, 2.05) is 35.9 Å². The first-order chi connectivity index (χ1) is 16.0. The molecule has 1 aromatic heterocycles. The minimum Gasteiger partial charge on any atom is -0.495 e. The number of piperidine rings is 1. The molecule has 2 aliphatic rings. The summed E-state index contributed by atoms with van der Waals surface area (Å²) in [7, 11) is 1.62. The Hall–Kier alpha value is -3.62. The normalized spacial score (nSPS) is 20.0. The van der Waals surface area contributed by atoms with Crippen LogP contribution >= 0.6 is 0 Å². The number of benzene rings is 2. The zero-order chi connectivity index (χ0) is 22.9. The van der Waals surface area contributed by atoms with Crippen LogP contribution in [-0.2, 0) is 4.84 Å². The fourth-order valence-corrected chi connectivity index (χ4v) is 4.42. The predicted octanol–water partition coefficient (Wildman–Crippen LogP) is 4.07. The molecule has 0 aliphatic carbocycles. The Kier molecular flexibility index (Phi) is 5.62. The second-order valence-corrected chi connectivity index (χ2v) is 8.18. The molecule has 0 amide bonds. The highest BCUT2D eigenvalue weighted by Gasteiger charge is 2.38. The molecule has 5 rings (SSSR count). The van der Waals surface area contributed by atoms with Gasteiger partial charge in [0.05, 0.1) is 24.8 Å². The number of imidazole rings is 1. The summed E-state index contributed by atoms with van der Waals surface area (Å²) >= 11 is 0. The van der Waals surface area contributed by atoms with Gasteiger partial charge in [-0.15, -0.1) is 0 Å². The molecule has 0 N–H and O–H groups in total. The molecule has 0 radical (unpaired) electrons. The molecule has 3 heterocycles. The largest absolute Gasteiger partial charge is 0.495 e. The van der Waals surface area contributed by atoms with Crippen molar-refractivity contribution in [1.82, 2.24) is 14.5 Å². The second-order valence-electron chi connectivity index (χ2n) is 8.18. The maximum absolute atomic E-state index is 13.6. The van der Waals surface area contributed by atoms with Crippen LogP contribution in [-0.4, -0.2) is 52.7 Å². The van der Waals surface area contributed by atoms with Gasteiger partial charge < -0.3 is 23.8 Å². The third-order valence-electron chi connectivity index (χ3n) is 5.94. The van der Waals surface area contributed by atoms with Crippen LogP contribution in [0.5, 0.6) is 11.5 Å². The summed E-state index contributed by atoms with van der Waals surface area (Å²) in [6, 6.07) is 8.92. The highest BCUT2D eigenvalue weighted by atomic mass is 19.1. The summed E-state index contributed by atoms with van der Waals surface area (Å²) in [5, 5.41) is 4.33. The summed E-state index contributed by atoms with van der Waals surface area (Å²) in [6.07, 6.45) is 4.97. The standard InChI is InChI=1S/C24H24F2N4O3/c1-15-12-29(14-27-15)20-6-5-16(8-23(20)31-2)24-28-32-13-21-22(4-3-7-30(21)24)33-19-10-17(25)9-18(26)11-19/h5-6,8-12,14,21-22H,3-4,7,13H2,1-2H3/t21?,22-/m0/s1. The lowest BCUT2D eigenvalue weighted by Gasteiger charge is -2.43. The van der Waals surface area contributed by atoms with E-state index >= 15 is 0 Å². The molecule has 2 aromatic carbocycles. The van der Waals surface area contributed by atoms with Gasteiger partial charge in [-0.25, -0.2) is 13.8 Å². The van der Waals surface area contributed by atoms with Gasteiger partial charge in [0.25, 0.3) is 0 Å². The van der Waals surface area contributed by atoms with Crippen molar-refractivity contribution in [2.24, 2.45) is 5.16 Å². The predicted molar refractivity (Wildman–Crippen MR) is 118 cm³/mol. The SMILES string of the molecule is COc1cc(C2=NOCC3[C@@H](Oc4cc(F)cc(F)c4)CCCN23)ccc1-n1cnc(C)c1. The van der Waals surface area contributed by atoms with Crippen molar-refractivity contribution in [3.8, 4) is 17.2 Å². The van der Waals surface area contributed by atoms with Gasteiger partial charge in [-0.3, -0.25) is 0 Å². The number of amidine groups is 1. The highest BCUT2D eigenvalue weighted by molar-refractivity contribution is 5.99. The van der Waals surface area contributed by atoms with Gasteiger partial charge >= 0.3 is 0 Å². The summed E-state index contributed by atoms with van der Waals surface area (Å²) in [5.74, 6) is 0.191. The van der Waals surface area contributed by atoms with Crippen molar-refractivity contribution in [1.29, 1.82) is 0 Å². The van der Waals surface area contributed by atoms with E-state index in [0.29, 0.717) is 18.2 Å². The molecule has 0 spiro atoms. The van der Waals surface area contributed by atoms with Gasteiger partial charge in [0, 0.05) is 36.5 Å². The van der Waals surface area contributed by atoms with E-state index in [1.165, 1.54) is 12.1 Å². The zero-order valence-corrected chi connectivity index (χ0v) is 18.4. The monoisotopic (exact) mass is 454 g/mol. The van der Waals surface area contributed by atoms with E-state index in [-0.39, 0.29) is 17.9 Å². The third-order valence-corrected chi connectivity index (χ3v) is 5.94. The first-order valence-corrected chi connectivity index (χ1v) is 10.8. The molecule has 1 saturated heterocycles. The number of aryl methyl sites for hydroxylation is 1. The molecule has 1 unspecified atom stereocenters. The van der Waals surface area contributed by atoms with Crippen LogP contribution in [0.1, 0.15) is 24.1 Å². The number of hydrogen-bond acceptors (Lipinski definition) is 6. The van der Waals surface area contributed by atoms with Gasteiger partial charge in [-0.2, -0.15) is 0 Å². The van der Waals surface area contributed by atoms with Crippen molar-refractivity contribution in [2.75, 3.05) is 20.3 Å². The molecule has 1 fully saturated rings. The molecule has 2 aliphatic heterocycles. The van der Waals surface area contributed by atoms with Crippen LogP contribution in [0.15, 0.2) is 54.1 Å². The van der Waals surface area contributed by atoms with Gasteiger partial charge in [0.1, 0.15) is 41.9 Å². The smallest absolute Gasteiger partial charge is 0.176 e. The van der Waals surface area contributed by atoms with Gasteiger partial charge in [-0.05, 0) is 38.0 Å². The number of halogens is 2. The molecule has 2 atom stereocenters. The summed E-state index contributed by atoms with van der Waals surface area (Å²) in [5.41, 5.74) is 2.62. The van der Waals surface area contributed by atoms with Crippen molar-refractivity contribution < 1.29 is 23.1 Å². The lowest BCUT2D eigenvalue weighted by atomic mass is 9.97. The molecule has 7 nitrogen and oxygen atoms in total. The number of fused-ring (bicyclic) bond motifs is 1. The molecule has 9 heteroatoms. The van der Waals surface area contributed by atoms with Gasteiger partial charge in [0.15, 0.2) is 5.84 Å². The first kappa shape index (κ1) is 21.2. The Labute approximate surface area is 190 Å². The van der Waals surface area contributed by atoms with E-state index in [4.69, 9.17) is 14.3 Å². The molecule has 3 aromatic rings. The molecule has 172 valence electrons. The second kappa shape index (κ2) is 8.73. The molecule has 0 bridgehead atoms. The third kappa shape index (κ3) is 4.22. The summed E-state index contributed by atoms with van der Waals surface area (Å²) in [6.45, 7) is 3.03. The maximum Gasteiger partial charge on any atom is 0.176 e. The van der Waals surface area contributed by atoms with Crippen molar-refractivity contribution >= 4 is 5.84 Å². The number of nitrogens with zero attached hydrogens (tertiary/aromatic N) is 4. The van der Waals surface area contributed by atoms with Crippen LogP contribution in [0.3, 0.4) is 0 Å². The number of methoxy groups -OCH3 is 1. The fraction of sp³-hybridized carbons (Fsp3) is 0.333. The van der Waals surface area contributed by atoms with Crippen LogP contribution in [0.2, 0.25) is 0 Å². The Bertz CT molecular complexity index is 1180. The average molecular weight is 454 g/mol. The van der Waals surface area contributed by atoms with Crippen LogP contribution in [0.25, 0.3) is 5.69 Å². The van der Waals surface area contributed by atoms with Crippen LogP contribution in [0.4, 0.5) is 8.78 Å². The minimum absolute atomic E-state index is 0.139. The summed E-state index contributed by atoms with van der Waals surface area (Å²) in [4.78, 5) is 12.0. The minimum atomic E-state index is -0.667. The van der Waals surface area contributed by atoms with E-state index in [2.05, 4.69) is 15.0 Å². The quantitative estimate of drug-likeness (QED) is 0.582. The lowest BCUT2D eigenvalue weighted by molar-refractivity contribution is -0.0160.